The Morgan fingerprint density at radius 2 is 2.62 bits per heavy atom. The van der Waals surface area contributed by atoms with Gasteiger partial charge in [0, 0.05) is 11.2 Å². The first-order valence-corrected chi connectivity index (χ1v) is 2.24. The van der Waals surface area contributed by atoms with E-state index < -0.39 is 0 Å². The van der Waals surface area contributed by atoms with Crippen molar-refractivity contribution < 1.29 is 4.85 Å². The molecule has 0 aliphatic carbocycles. The Balaban J connectivity index is 3.08. The Kier molecular flexibility index (Phi) is 1.12. The fourth-order valence-corrected chi connectivity index (χ4v) is 0.427. The van der Waals surface area contributed by atoms with Crippen LogP contribution in [0.15, 0.2) is 12.1 Å². The van der Waals surface area contributed by atoms with Gasteiger partial charge in [-0.05, 0) is 17.8 Å². The number of nitrogens with zero attached hydrogens (tertiary/aromatic N) is 2. The molecule has 0 N–H and O–H groups in total. The van der Waals surface area contributed by atoms with E-state index in [0.29, 0.717) is 10.5 Å². The van der Waals surface area contributed by atoms with Gasteiger partial charge < -0.3 is 5.21 Å². The van der Waals surface area contributed by atoms with Gasteiger partial charge in [0.1, 0.15) is 5.69 Å². The highest BCUT2D eigenvalue weighted by molar-refractivity contribution is 4.91. The molecule has 1 rings (SSSR count). The summed E-state index contributed by atoms with van der Waals surface area (Å²) in [4.78, 5) is 0.412. The van der Waals surface area contributed by atoms with Crippen molar-refractivity contribution in [2.75, 3.05) is 0 Å². The number of hydrogen-bond donors (Lipinski definition) is 0. The molecule has 8 heavy (non-hydrogen) atoms. The van der Waals surface area contributed by atoms with E-state index in [1.54, 1.807) is 13.0 Å². The fraction of sp³-hybridized carbons (Fsp3) is 0.200. The Hall–Kier alpha value is -1.12. The van der Waals surface area contributed by atoms with Crippen molar-refractivity contribution in [1.29, 1.82) is 0 Å². The number of hydrogen-bond acceptors (Lipinski definition) is 2. The zero-order valence-corrected chi connectivity index (χ0v) is 4.46. The van der Waals surface area contributed by atoms with Gasteiger partial charge in [-0.3, -0.25) is 0 Å². The van der Waals surface area contributed by atoms with Crippen molar-refractivity contribution in [2.45, 2.75) is 6.92 Å². The molecule has 0 aliphatic rings. The highest BCUT2D eigenvalue weighted by Crippen LogP contribution is 1.80. The van der Waals surface area contributed by atoms with E-state index in [1.165, 1.54) is 6.07 Å². The van der Waals surface area contributed by atoms with Gasteiger partial charge in [0.15, 0.2) is 0 Å². The lowest BCUT2D eigenvalue weighted by Crippen LogP contribution is -2.30. The molecule has 0 amide bonds. The summed E-state index contributed by atoms with van der Waals surface area (Å²) in [5.41, 5.74) is 0.707. The highest BCUT2D eigenvalue weighted by atomic mass is 16.5. The molecule has 3 nitrogen and oxygen atoms in total. The zero-order chi connectivity index (χ0) is 5.98. The Morgan fingerprint density at radius 3 is 3.00 bits per heavy atom. The molecule has 0 saturated carbocycles. The monoisotopic (exact) mass is 109 g/mol. The molecule has 1 aromatic rings. The third-order valence-corrected chi connectivity index (χ3v) is 0.758. The van der Waals surface area contributed by atoms with Crippen LogP contribution in [0.4, 0.5) is 0 Å². The molecular weight excluding hydrogens is 104 g/mol. The van der Waals surface area contributed by atoms with Gasteiger partial charge in [-0.25, -0.2) is 0 Å². The van der Waals surface area contributed by atoms with E-state index in [9.17, 15) is 5.21 Å². The predicted molar refractivity (Wildman–Crippen MR) is 26.8 cm³/mol. The normalized spacial score (nSPS) is 9.12. The van der Waals surface area contributed by atoms with Crippen LogP contribution in [0.5, 0.6) is 0 Å². The summed E-state index contributed by atoms with van der Waals surface area (Å²) in [6, 6.07) is 3.25. The lowest BCUT2D eigenvalue weighted by molar-refractivity contribution is -0.674. The zero-order valence-electron chi connectivity index (χ0n) is 4.46. The summed E-state index contributed by atoms with van der Waals surface area (Å²) < 4.78 is 0. The van der Waals surface area contributed by atoms with Gasteiger partial charge in [0.25, 0.3) is 0 Å². The van der Waals surface area contributed by atoms with Crippen LogP contribution in [0.25, 0.3) is 0 Å². The van der Waals surface area contributed by atoms with Crippen LogP contribution >= 0.6 is 0 Å². The minimum absolute atomic E-state index is 0.412. The van der Waals surface area contributed by atoms with Crippen LogP contribution < -0.4 is 4.85 Å². The predicted octanol–water partition coefficient (Wildman–Crippen LogP) is -0.176. The maximum absolute atomic E-state index is 10.2. The first kappa shape index (κ1) is 5.03. The molecule has 0 bridgehead atoms. The van der Waals surface area contributed by atoms with Crippen molar-refractivity contribution >= 4 is 0 Å². The summed E-state index contributed by atoms with van der Waals surface area (Å²) in [6.07, 6.45) is 2.32. The van der Waals surface area contributed by atoms with Crippen molar-refractivity contribution in [2.24, 2.45) is 0 Å². The second-order valence-corrected chi connectivity index (χ2v) is 1.48. The molecular formula is C5H5N2O. The van der Waals surface area contributed by atoms with Crippen LogP contribution in [0.1, 0.15) is 5.69 Å². The van der Waals surface area contributed by atoms with Crippen LogP contribution in [-0.4, -0.2) is 5.10 Å². The summed E-state index contributed by atoms with van der Waals surface area (Å²) in [5.74, 6) is 0. The van der Waals surface area contributed by atoms with Crippen LogP contribution in [0.2, 0.25) is 0 Å². The van der Waals surface area contributed by atoms with Crippen molar-refractivity contribution in [1.82, 2.24) is 5.10 Å². The molecule has 0 spiro atoms. The molecule has 1 radical (unpaired) electrons. The van der Waals surface area contributed by atoms with Crippen LogP contribution in [0.3, 0.4) is 0 Å². The Bertz CT molecular complexity index is 170. The number of aryl methyl sites for hydroxylation is 1. The largest absolute Gasteiger partial charge is 0.594 e. The first-order valence-electron chi connectivity index (χ1n) is 2.24. The molecule has 1 aromatic heterocycles. The van der Waals surface area contributed by atoms with Crippen molar-refractivity contribution in [3.8, 4) is 0 Å². The van der Waals surface area contributed by atoms with Crippen molar-refractivity contribution in [3.63, 3.8) is 0 Å². The molecule has 0 aliphatic heterocycles. The van der Waals surface area contributed by atoms with E-state index in [0.717, 1.165) is 0 Å². The van der Waals surface area contributed by atoms with Crippen LogP contribution in [-0.2, 0) is 0 Å². The number of aromatic nitrogens is 2. The summed E-state index contributed by atoms with van der Waals surface area (Å²) in [5, 5.41) is 13.7. The molecule has 3 heteroatoms. The van der Waals surface area contributed by atoms with E-state index >= 15 is 0 Å². The van der Waals surface area contributed by atoms with E-state index in [2.05, 4.69) is 11.3 Å². The Labute approximate surface area is 47.2 Å². The molecule has 0 fully saturated rings. The summed E-state index contributed by atoms with van der Waals surface area (Å²) >= 11 is 0. The summed E-state index contributed by atoms with van der Waals surface area (Å²) in [6.45, 7) is 1.75. The molecule has 0 unspecified atom stereocenters. The standard InChI is InChI=1S/C5H5N2O/c1-5-3-2-4-7(8)6-5/h2-3H,1H3. The third kappa shape index (κ3) is 0.932. The highest BCUT2D eigenvalue weighted by Gasteiger charge is 1.89. The minimum Gasteiger partial charge on any atom is -0.594 e. The van der Waals surface area contributed by atoms with Gasteiger partial charge in [-0.1, -0.05) is 0 Å². The van der Waals surface area contributed by atoms with Crippen molar-refractivity contribution in [3.05, 3.63) is 29.2 Å². The molecule has 0 saturated heterocycles. The molecule has 0 aromatic carbocycles. The quantitative estimate of drug-likeness (QED) is 0.342. The maximum atomic E-state index is 10.2. The SMILES string of the molecule is Cc1cc[c][n+]([O-])n1. The third-order valence-electron chi connectivity index (χ3n) is 0.758. The molecule has 1 heterocycles. The smallest absolute Gasteiger partial charge is 0.319 e. The second-order valence-electron chi connectivity index (χ2n) is 1.48. The average molecular weight is 109 g/mol. The van der Waals surface area contributed by atoms with E-state index in [4.69, 9.17) is 0 Å². The molecule has 41 valence electrons. The van der Waals surface area contributed by atoms with Gasteiger partial charge in [-0.15, -0.1) is 0 Å². The van der Waals surface area contributed by atoms with E-state index in [-0.39, 0.29) is 0 Å². The minimum atomic E-state index is 0.412. The van der Waals surface area contributed by atoms with Gasteiger partial charge in [-0.2, -0.15) is 0 Å². The van der Waals surface area contributed by atoms with E-state index in [1.807, 2.05) is 0 Å². The lowest BCUT2D eigenvalue weighted by atomic mass is 10.4. The summed E-state index contributed by atoms with van der Waals surface area (Å²) in [7, 11) is 0. The lowest BCUT2D eigenvalue weighted by Gasteiger charge is -1.87. The topological polar surface area (TPSA) is 39.8 Å². The number of rotatable bonds is 0. The Morgan fingerprint density at radius 1 is 1.88 bits per heavy atom. The van der Waals surface area contributed by atoms with Gasteiger partial charge >= 0.3 is 6.20 Å². The first-order chi connectivity index (χ1) is 3.79. The maximum Gasteiger partial charge on any atom is 0.319 e. The fourth-order valence-electron chi connectivity index (χ4n) is 0.427. The van der Waals surface area contributed by atoms with Crippen LogP contribution in [0, 0.1) is 18.3 Å². The van der Waals surface area contributed by atoms with Gasteiger partial charge in [0.05, 0.1) is 0 Å². The van der Waals surface area contributed by atoms with Gasteiger partial charge in [0.2, 0.25) is 0 Å². The molecule has 0 atom stereocenters. The average Bonchev–Trinajstić information content (AvgIpc) is 1.64. The second kappa shape index (κ2) is 1.78.